The van der Waals surface area contributed by atoms with Gasteiger partial charge in [0.15, 0.2) is 0 Å². The largest absolute Gasteiger partial charge is 0.497 e. The van der Waals surface area contributed by atoms with E-state index in [4.69, 9.17) is 14.5 Å². The zero-order chi connectivity index (χ0) is 32.0. The summed E-state index contributed by atoms with van der Waals surface area (Å²) < 4.78 is 11.1. The number of aromatic amines is 1. The standard InChI is InChI=1S/C34H36N6O5S/c1-44-28-12-7-25(32(19-28)45-2)21-37(14-13-24-20-35-30-6-4-3-5-29(24)30)22-33-36-31(23-46-33)34(41)39-17-15-38(16-18-39)26-8-10-27(11-9-26)40(42)43/h3-12,19-20,23,35H,13-18,21-22H2,1-2H3. The first-order valence-electron chi connectivity index (χ1n) is 15.1. The number of fused-ring (bicyclic) bond motifs is 1. The van der Waals surface area contributed by atoms with Crippen LogP contribution in [0, 0.1) is 10.1 Å². The van der Waals surface area contributed by atoms with Crippen molar-refractivity contribution in [3.8, 4) is 11.5 Å². The first-order chi connectivity index (χ1) is 22.4. The molecule has 0 unspecified atom stereocenters. The summed E-state index contributed by atoms with van der Waals surface area (Å²) in [4.78, 5) is 38.5. The molecule has 0 saturated carbocycles. The number of rotatable bonds is 12. The number of carbonyl (C=O) groups is 1. The normalized spacial score (nSPS) is 13.4. The number of amides is 1. The number of piperazine rings is 1. The minimum absolute atomic E-state index is 0.0663. The van der Waals surface area contributed by atoms with Gasteiger partial charge >= 0.3 is 0 Å². The van der Waals surface area contributed by atoms with Gasteiger partial charge in [-0.25, -0.2) is 4.98 Å². The highest BCUT2D eigenvalue weighted by Crippen LogP contribution is 2.28. The maximum absolute atomic E-state index is 13.4. The highest BCUT2D eigenvalue weighted by atomic mass is 32.1. The van der Waals surface area contributed by atoms with Crippen LogP contribution in [0.15, 0.2) is 78.3 Å². The van der Waals surface area contributed by atoms with Crippen LogP contribution in [-0.4, -0.2) is 77.5 Å². The van der Waals surface area contributed by atoms with Crippen LogP contribution in [0.5, 0.6) is 11.5 Å². The van der Waals surface area contributed by atoms with Gasteiger partial charge in [0, 0.05) is 91.2 Å². The minimum atomic E-state index is -0.401. The van der Waals surface area contributed by atoms with Crippen molar-refractivity contribution in [2.75, 3.05) is 51.8 Å². The summed E-state index contributed by atoms with van der Waals surface area (Å²) >= 11 is 1.50. The van der Waals surface area contributed by atoms with Crippen molar-refractivity contribution in [2.24, 2.45) is 0 Å². The van der Waals surface area contributed by atoms with E-state index in [1.807, 2.05) is 34.5 Å². The Bertz CT molecular complexity index is 1810. The fourth-order valence-electron chi connectivity index (χ4n) is 5.84. The lowest BCUT2D eigenvalue weighted by molar-refractivity contribution is -0.384. The molecule has 11 nitrogen and oxygen atoms in total. The smallest absolute Gasteiger partial charge is 0.273 e. The van der Waals surface area contributed by atoms with Crippen LogP contribution in [-0.2, 0) is 19.5 Å². The first kappa shape index (κ1) is 31.1. The molecule has 1 aliphatic heterocycles. The highest BCUT2D eigenvalue weighted by Gasteiger charge is 2.25. The third kappa shape index (κ3) is 6.98. The second-order valence-electron chi connectivity index (χ2n) is 11.2. The maximum Gasteiger partial charge on any atom is 0.273 e. The predicted molar refractivity (Wildman–Crippen MR) is 179 cm³/mol. The summed E-state index contributed by atoms with van der Waals surface area (Å²) in [6.07, 6.45) is 2.93. The van der Waals surface area contributed by atoms with Crippen LogP contribution in [0.3, 0.4) is 0 Å². The number of nitro groups is 1. The molecule has 0 bridgehead atoms. The number of anilines is 1. The molecule has 46 heavy (non-hydrogen) atoms. The number of non-ortho nitro benzene ring substituents is 1. The van der Waals surface area contributed by atoms with Gasteiger partial charge in [0.05, 0.1) is 25.7 Å². The number of hydrogen-bond donors (Lipinski definition) is 1. The van der Waals surface area contributed by atoms with E-state index in [1.54, 1.807) is 26.4 Å². The second-order valence-corrected chi connectivity index (χ2v) is 12.1. The van der Waals surface area contributed by atoms with Gasteiger partial charge in [-0.15, -0.1) is 11.3 Å². The highest BCUT2D eigenvalue weighted by molar-refractivity contribution is 7.09. The molecule has 1 fully saturated rings. The molecule has 0 spiro atoms. The van der Waals surface area contributed by atoms with Crippen LogP contribution >= 0.6 is 11.3 Å². The molecule has 1 saturated heterocycles. The topological polar surface area (TPSA) is 117 Å². The van der Waals surface area contributed by atoms with Crippen molar-refractivity contribution >= 4 is 39.5 Å². The lowest BCUT2D eigenvalue weighted by Gasteiger charge is -2.35. The zero-order valence-electron chi connectivity index (χ0n) is 25.8. The molecule has 0 atom stereocenters. The van der Waals surface area contributed by atoms with Crippen molar-refractivity contribution in [3.05, 3.63) is 110 Å². The number of nitrogens with zero attached hydrogens (tertiary/aromatic N) is 5. The molecular weight excluding hydrogens is 604 g/mol. The van der Waals surface area contributed by atoms with Crippen LogP contribution in [0.25, 0.3) is 10.9 Å². The Morgan fingerprint density at radius 3 is 2.52 bits per heavy atom. The van der Waals surface area contributed by atoms with E-state index >= 15 is 0 Å². The number of methoxy groups -OCH3 is 2. The summed E-state index contributed by atoms with van der Waals surface area (Å²) in [5, 5.41) is 14.9. The predicted octanol–water partition coefficient (Wildman–Crippen LogP) is 5.76. The van der Waals surface area contributed by atoms with Crippen molar-refractivity contribution in [3.63, 3.8) is 0 Å². The van der Waals surface area contributed by atoms with E-state index in [0.717, 1.165) is 46.2 Å². The van der Waals surface area contributed by atoms with Gasteiger partial charge in [0.1, 0.15) is 22.2 Å². The van der Waals surface area contributed by atoms with Gasteiger partial charge in [-0.2, -0.15) is 0 Å². The third-order valence-electron chi connectivity index (χ3n) is 8.38. The van der Waals surface area contributed by atoms with Gasteiger partial charge in [-0.3, -0.25) is 19.8 Å². The number of nitrogens with one attached hydrogen (secondary N) is 1. The molecule has 0 aliphatic carbocycles. The number of carbonyl (C=O) groups excluding carboxylic acids is 1. The number of para-hydroxylation sites is 1. The van der Waals surface area contributed by atoms with E-state index in [1.165, 1.54) is 34.4 Å². The second kappa shape index (κ2) is 14.0. The molecule has 3 heterocycles. The van der Waals surface area contributed by atoms with Crippen molar-refractivity contribution in [1.29, 1.82) is 0 Å². The monoisotopic (exact) mass is 640 g/mol. The Labute approximate surface area is 271 Å². The van der Waals surface area contributed by atoms with E-state index < -0.39 is 4.92 Å². The van der Waals surface area contributed by atoms with Gasteiger partial charge < -0.3 is 24.3 Å². The zero-order valence-corrected chi connectivity index (χ0v) is 26.7. The Hall–Kier alpha value is -4.94. The summed E-state index contributed by atoms with van der Waals surface area (Å²) in [6, 6.07) is 20.7. The molecule has 0 radical (unpaired) electrons. The Morgan fingerprint density at radius 2 is 1.78 bits per heavy atom. The number of nitro benzene ring substituents is 1. The van der Waals surface area contributed by atoms with Gasteiger partial charge in [0.25, 0.3) is 11.6 Å². The molecule has 1 N–H and O–H groups in total. The summed E-state index contributed by atoms with van der Waals surface area (Å²) in [5.41, 5.74) is 4.86. The number of benzene rings is 3. The summed E-state index contributed by atoms with van der Waals surface area (Å²) in [6.45, 7) is 4.40. The molecule has 2 aromatic heterocycles. The van der Waals surface area contributed by atoms with Crippen molar-refractivity contribution < 1.29 is 19.2 Å². The van der Waals surface area contributed by atoms with Gasteiger partial charge in [-0.05, 0) is 36.2 Å². The Balaban J connectivity index is 1.13. The minimum Gasteiger partial charge on any atom is -0.497 e. The van der Waals surface area contributed by atoms with Crippen LogP contribution in [0.2, 0.25) is 0 Å². The third-order valence-corrected chi connectivity index (χ3v) is 9.22. The molecule has 12 heteroatoms. The van der Waals surface area contributed by atoms with E-state index in [9.17, 15) is 14.9 Å². The number of ether oxygens (including phenoxy) is 2. The number of hydrogen-bond acceptors (Lipinski definition) is 9. The van der Waals surface area contributed by atoms with Crippen LogP contribution < -0.4 is 14.4 Å². The Morgan fingerprint density at radius 1 is 1.00 bits per heavy atom. The SMILES string of the molecule is COc1ccc(CN(CCc2c[nH]c3ccccc23)Cc2nc(C(=O)N3CCN(c4ccc([N+](=O)[O-])cc4)CC3)cs2)c(OC)c1. The summed E-state index contributed by atoms with van der Waals surface area (Å²) in [5.74, 6) is 1.43. The maximum atomic E-state index is 13.4. The molecular formula is C34H36N6O5S. The average Bonchev–Trinajstić information content (AvgIpc) is 3.74. The number of thiazole rings is 1. The van der Waals surface area contributed by atoms with E-state index in [-0.39, 0.29) is 11.6 Å². The van der Waals surface area contributed by atoms with Crippen LogP contribution in [0.4, 0.5) is 11.4 Å². The fraction of sp³-hybridized carbons (Fsp3) is 0.294. The molecule has 238 valence electrons. The lowest BCUT2D eigenvalue weighted by Crippen LogP contribution is -2.48. The fourth-order valence-corrected chi connectivity index (χ4v) is 6.65. The van der Waals surface area contributed by atoms with Crippen molar-refractivity contribution in [1.82, 2.24) is 19.8 Å². The van der Waals surface area contributed by atoms with E-state index in [2.05, 4.69) is 39.2 Å². The molecule has 1 amide bonds. The first-order valence-corrected chi connectivity index (χ1v) is 16.0. The van der Waals surface area contributed by atoms with Gasteiger partial charge in [0.2, 0.25) is 0 Å². The molecule has 1 aliphatic rings. The summed E-state index contributed by atoms with van der Waals surface area (Å²) in [7, 11) is 3.31. The molecule has 6 rings (SSSR count). The van der Waals surface area contributed by atoms with Crippen molar-refractivity contribution in [2.45, 2.75) is 19.5 Å². The van der Waals surface area contributed by atoms with Gasteiger partial charge in [-0.1, -0.05) is 24.3 Å². The quantitative estimate of drug-likeness (QED) is 0.135. The number of aromatic nitrogens is 2. The average molecular weight is 641 g/mol. The Kier molecular flexibility index (Phi) is 9.46. The molecule has 5 aromatic rings. The van der Waals surface area contributed by atoms with Crippen LogP contribution in [0.1, 0.15) is 26.6 Å². The molecule has 3 aromatic carbocycles. The lowest BCUT2D eigenvalue weighted by atomic mass is 10.1. The number of H-pyrrole nitrogens is 1. The van der Waals surface area contributed by atoms with E-state index in [0.29, 0.717) is 45.0 Å².